The first-order chi connectivity index (χ1) is 2.73. The summed E-state index contributed by atoms with van der Waals surface area (Å²) in [7, 11) is 4.78. The van der Waals surface area contributed by atoms with Crippen LogP contribution in [-0.2, 0) is 0 Å². The minimum atomic E-state index is -0.889. The maximum atomic E-state index is 8.98. The molecule has 0 radical (unpaired) electrons. The fraction of sp³-hybridized carbons (Fsp3) is 0. The lowest BCUT2D eigenvalue weighted by Crippen LogP contribution is -1.46. The van der Waals surface area contributed by atoms with Crippen LogP contribution in [0.3, 0.4) is 0 Å². The molecule has 0 atom stereocenters. The molecule has 0 aliphatic rings. The van der Waals surface area contributed by atoms with Gasteiger partial charge in [0.05, 0.1) is 0 Å². The van der Waals surface area contributed by atoms with Crippen molar-refractivity contribution in [2.75, 3.05) is 0 Å². The van der Waals surface area contributed by atoms with Gasteiger partial charge in [0.25, 0.3) is 0 Å². The highest BCUT2D eigenvalue weighted by molar-refractivity contribution is 6.93. The van der Waals surface area contributed by atoms with Crippen LogP contribution >= 0.6 is 33.3 Å². The normalized spacial score (nSPS) is 5.17. The lowest BCUT2D eigenvalue weighted by molar-refractivity contribution is 0.275. The molecule has 0 unspecified atom stereocenters. The molecule has 1 nitrogen and oxygen atoms in total. The Balaban J connectivity index is 0. The molecule has 6 heavy (non-hydrogen) atoms. The summed E-state index contributed by atoms with van der Waals surface area (Å²) >= 11 is 9.58. The van der Waals surface area contributed by atoms with Gasteiger partial charge in [-0.1, -0.05) is 0 Å². The molecular weight excluding hydrogens is 161 g/mol. The third kappa shape index (κ3) is 73.1. The Morgan fingerprint density at radius 3 is 1.33 bits per heavy atom. The van der Waals surface area contributed by atoms with Crippen LogP contribution < -0.4 is 0 Å². The Labute approximate surface area is 58.2 Å². The molecule has 0 rings (SSSR count). The summed E-state index contributed by atoms with van der Waals surface area (Å²) in [4.78, 5) is 8.98. The zero-order chi connectivity index (χ0) is 5.58. The van der Waals surface area contributed by atoms with Crippen LogP contribution in [0.5, 0.6) is 0 Å². The number of hydrogen-bond acceptors (Lipinski definition) is 1. The summed E-state index contributed by atoms with van der Waals surface area (Å²) in [6.45, 7) is 0. The predicted octanol–water partition coefficient (Wildman–Crippen LogP) is 1.36. The maximum absolute atomic E-state index is 8.98. The Hall–Kier alpha value is 1.07. The molecule has 0 bridgehead atoms. The maximum Gasteiger partial charge on any atom is 0.353 e. The number of carbonyl (C=O) groups is 1. The molecule has 0 aliphatic carbocycles. The van der Waals surface area contributed by atoms with Crippen molar-refractivity contribution in [1.29, 1.82) is 0 Å². The molecule has 36 valence electrons. The van der Waals surface area contributed by atoms with Crippen LogP contribution in [0, 0.1) is 0 Å². The summed E-state index contributed by atoms with van der Waals surface area (Å²) in [5, 5.41) is 0. The first-order valence-corrected chi connectivity index (χ1v) is 4.74. The van der Waals surface area contributed by atoms with Crippen molar-refractivity contribution in [3.63, 3.8) is 0 Å². The second-order valence-corrected chi connectivity index (χ2v) is 1.11. The summed E-state index contributed by atoms with van der Waals surface area (Å²) in [5.74, 6) is 0. The van der Waals surface area contributed by atoms with Crippen LogP contribution in [0.4, 0.5) is 4.79 Å². The van der Waals surface area contributed by atoms with Gasteiger partial charge in [0.15, 0.2) is 0 Å². The summed E-state index contributed by atoms with van der Waals surface area (Å²) in [6, 6.07) is 0. The number of halogens is 3. The molecule has 0 aliphatic heterocycles. The second-order valence-electron chi connectivity index (χ2n) is 0.226. The highest BCUT2D eigenvalue weighted by Gasteiger charge is 1.72. The largest absolute Gasteiger partial charge is 0.353 e. The van der Waals surface area contributed by atoms with Crippen LogP contribution in [0.25, 0.3) is 0 Å². The Morgan fingerprint density at radius 2 is 1.33 bits per heavy atom. The van der Waals surface area contributed by atoms with E-state index >= 15 is 0 Å². The van der Waals surface area contributed by atoms with E-state index in [2.05, 4.69) is 23.2 Å². The molecule has 0 spiro atoms. The van der Waals surface area contributed by atoms with Crippen molar-refractivity contribution in [3.8, 4) is 0 Å². The minimum absolute atomic E-state index is 0.778. The van der Waals surface area contributed by atoms with Gasteiger partial charge in [-0.15, -0.1) is 0 Å². The molecule has 0 amide bonds. The van der Waals surface area contributed by atoms with Crippen molar-refractivity contribution >= 4 is 53.3 Å². The molecule has 0 saturated heterocycles. The molecule has 0 aromatic heterocycles. The lowest BCUT2D eigenvalue weighted by Gasteiger charge is -1.48. The molecule has 0 aromatic rings. The van der Waals surface area contributed by atoms with E-state index in [1.807, 2.05) is 0 Å². The van der Waals surface area contributed by atoms with E-state index in [1.54, 1.807) is 0 Å². The van der Waals surface area contributed by atoms with Gasteiger partial charge in [-0.25, -0.2) is 0 Å². The molecular formula is CH2AlCl3O. The first-order valence-electron chi connectivity index (χ1n) is 0.960. The summed E-state index contributed by atoms with van der Waals surface area (Å²) < 4.78 is -0.889. The van der Waals surface area contributed by atoms with Gasteiger partial charge in [-0.05, 0) is 23.2 Å². The quantitative estimate of drug-likeness (QED) is 0.389. The van der Waals surface area contributed by atoms with Crippen LogP contribution in [0.15, 0.2) is 0 Å². The standard InChI is InChI=1S/CCl2O.Al.ClH.2H/c2-1(3)4;;;;/h;;1H;;/q;+1;;;/p-1. The minimum Gasteiger partial charge on any atom is -0.273 e. The number of rotatable bonds is 0. The molecule has 0 fully saturated rings. The Bertz CT molecular complexity index is 33.8. The molecule has 0 heterocycles. The van der Waals surface area contributed by atoms with E-state index in [-0.39, 0.29) is 0 Å². The van der Waals surface area contributed by atoms with Crippen molar-refractivity contribution in [2.24, 2.45) is 0 Å². The van der Waals surface area contributed by atoms with Gasteiger partial charge in [0.2, 0.25) is 0 Å². The van der Waals surface area contributed by atoms with Gasteiger partial charge in [-0.3, -0.25) is 14.8 Å². The number of hydrogen-bond donors (Lipinski definition) is 0. The van der Waals surface area contributed by atoms with Gasteiger partial charge < -0.3 is 0 Å². The topological polar surface area (TPSA) is 17.1 Å². The van der Waals surface area contributed by atoms with E-state index in [0.29, 0.717) is 0 Å². The predicted molar refractivity (Wildman–Crippen MR) is 31.5 cm³/mol. The fourth-order valence-electron chi connectivity index (χ4n) is 0. The third-order valence-electron chi connectivity index (χ3n) is 0. The fourth-order valence-corrected chi connectivity index (χ4v) is 0. The Kier molecular flexibility index (Phi) is 15.9. The van der Waals surface area contributed by atoms with E-state index in [4.69, 9.17) is 14.8 Å². The molecule has 0 saturated carbocycles. The second kappa shape index (κ2) is 9.42. The van der Waals surface area contributed by atoms with Crippen molar-refractivity contribution in [1.82, 2.24) is 0 Å². The van der Waals surface area contributed by atoms with Crippen molar-refractivity contribution in [3.05, 3.63) is 0 Å². The highest BCUT2D eigenvalue weighted by atomic mass is 35.6. The van der Waals surface area contributed by atoms with Gasteiger partial charge in [0, 0.05) is 0 Å². The van der Waals surface area contributed by atoms with E-state index in [1.165, 1.54) is 0 Å². The van der Waals surface area contributed by atoms with E-state index in [9.17, 15) is 0 Å². The summed E-state index contributed by atoms with van der Waals surface area (Å²) in [5.41, 5.74) is 0. The highest BCUT2D eigenvalue weighted by Crippen LogP contribution is 1.84. The van der Waals surface area contributed by atoms with Gasteiger partial charge in [0.1, 0.15) is 0 Å². The van der Waals surface area contributed by atoms with Gasteiger partial charge in [-0.2, -0.15) is 0 Å². The van der Waals surface area contributed by atoms with E-state index in [0.717, 1.165) is 15.4 Å². The first kappa shape index (κ1) is 10.1. The average Bonchev–Trinajstić information content (AvgIpc) is 1.41. The zero-order valence-corrected chi connectivity index (χ0v) is 7.31. The van der Waals surface area contributed by atoms with Crippen LogP contribution in [0.1, 0.15) is 0 Å². The van der Waals surface area contributed by atoms with Crippen molar-refractivity contribution in [2.45, 2.75) is 0 Å². The third-order valence-corrected chi connectivity index (χ3v) is 0. The lowest BCUT2D eigenvalue weighted by atomic mass is 11.8. The summed E-state index contributed by atoms with van der Waals surface area (Å²) in [6.07, 6.45) is 0. The van der Waals surface area contributed by atoms with Gasteiger partial charge >= 0.3 is 20.1 Å². The van der Waals surface area contributed by atoms with Crippen LogP contribution in [-0.4, -0.2) is 20.1 Å². The average molecular weight is 163 g/mol. The Morgan fingerprint density at radius 1 is 1.33 bits per heavy atom. The smallest absolute Gasteiger partial charge is 0.273 e. The molecule has 0 N–H and O–H groups in total. The SMILES string of the molecule is O=C(Cl)Cl.[AlH2][Cl]. The molecule has 5 heteroatoms. The van der Waals surface area contributed by atoms with Crippen LogP contribution in [0.2, 0.25) is 0 Å². The molecule has 0 aromatic carbocycles. The van der Waals surface area contributed by atoms with Crippen molar-refractivity contribution < 1.29 is 4.79 Å². The monoisotopic (exact) mass is 162 g/mol. The van der Waals surface area contributed by atoms with E-state index < -0.39 is 4.70 Å². The number of carbonyl (C=O) groups excluding carboxylic acids is 1. The zero-order valence-electron chi connectivity index (χ0n) is 3.04.